The third-order valence-electron chi connectivity index (χ3n) is 2.50. The van der Waals surface area contributed by atoms with Crippen molar-refractivity contribution < 1.29 is 8.60 Å². The maximum Gasteiger partial charge on any atom is 0.128 e. The first-order valence-electron chi connectivity index (χ1n) is 5.34. The van der Waals surface area contributed by atoms with Gasteiger partial charge >= 0.3 is 0 Å². The van der Waals surface area contributed by atoms with E-state index in [0.29, 0.717) is 25.6 Å². The van der Waals surface area contributed by atoms with Gasteiger partial charge in [-0.1, -0.05) is 17.7 Å². The zero-order valence-corrected chi connectivity index (χ0v) is 12.9. The van der Waals surface area contributed by atoms with Gasteiger partial charge in [0, 0.05) is 20.7 Å². The Morgan fingerprint density at radius 1 is 1.26 bits per heavy atom. The van der Waals surface area contributed by atoms with Crippen molar-refractivity contribution in [3.63, 3.8) is 0 Å². The van der Waals surface area contributed by atoms with E-state index >= 15 is 0 Å². The van der Waals surface area contributed by atoms with E-state index in [-0.39, 0.29) is 5.75 Å². The summed E-state index contributed by atoms with van der Waals surface area (Å²) in [5, 5.41) is 0.320. The molecule has 0 bridgehead atoms. The standard InChI is InChI=1S/C13H10BrClFNOS/c14-11-6-10(17)3-4-13(11)19(18)7-8-1-2-9(15)5-12(8)16/h1-6H,7,17H2. The van der Waals surface area contributed by atoms with Crippen LogP contribution < -0.4 is 5.73 Å². The van der Waals surface area contributed by atoms with Gasteiger partial charge in [0.2, 0.25) is 0 Å². The third-order valence-corrected chi connectivity index (χ3v) is 5.08. The average Bonchev–Trinajstić information content (AvgIpc) is 2.32. The van der Waals surface area contributed by atoms with Crippen molar-refractivity contribution in [1.82, 2.24) is 0 Å². The van der Waals surface area contributed by atoms with E-state index < -0.39 is 16.6 Å². The molecule has 0 radical (unpaired) electrons. The molecule has 6 heteroatoms. The Morgan fingerprint density at radius 2 is 2.00 bits per heavy atom. The van der Waals surface area contributed by atoms with Gasteiger partial charge in [-0.25, -0.2) is 4.39 Å². The maximum atomic E-state index is 13.6. The van der Waals surface area contributed by atoms with Crippen LogP contribution >= 0.6 is 27.5 Å². The monoisotopic (exact) mass is 361 g/mol. The van der Waals surface area contributed by atoms with E-state index in [0.717, 1.165) is 0 Å². The highest BCUT2D eigenvalue weighted by Gasteiger charge is 2.12. The molecule has 0 aromatic heterocycles. The molecule has 1 unspecified atom stereocenters. The highest BCUT2D eigenvalue weighted by Crippen LogP contribution is 2.25. The first kappa shape index (κ1) is 14.5. The molecule has 0 aliphatic rings. The zero-order chi connectivity index (χ0) is 14.0. The Hall–Kier alpha value is -0.910. The average molecular weight is 363 g/mol. The molecule has 2 aromatic carbocycles. The predicted molar refractivity (Wildman–Crippen MR) is 80.1 cm³/mol. The molecule has 0 aliphatic heterocycles. The Kier molecular flexibility index (Phi) is 4.60. The molecule has 0 heterocycles. The van der Waals surface area contributed by atoms with E-state index in [1.807, 2.05) is 0 Å². The van der Waals surface area contributed by atoms with Crippen LogP contribution in [0.3, 0.4) is 0 Å². The molecule has 0 saturated carbocycles. The van der Waals surface area contributed by atoms with Gasteiger partial charge in [-0.2, -0.15) is 0 Å². The molecule has 2 nitrogen and oxygen atoms in total. The van der Waals surface area contributed by atoms with Crippen LogP contribution in [0.15, 0.2) is 45.8 Å². The van der Waals surface area contributed by atoms with E-state index in [1.54, 1.807) is 30.3 Å². The summed E-state index contributed by atoms with van der Waals surface area (Å²) in [6, 6.07) is 9.34. The number of hydrogen-bond donors (Lipinski definition) is 1. The van der Waals surface area contributed by atoms with Crippen LogP contribution in [-0.2, 0) is 16.6 Å². The first-order valence-corrected chi connectivity index (χ1v) is 7.83. The highest BCUT2D eigenvalue weighted by atomic mass is 79.9. The molecule has 0 spiro atoms. The van der Waals surface area contributed by atoms with Crippen molar-refractivity contribution in [1.29, 1.82) is 0 Å². The fourth-order valence-electron chi connectivity index (χ4n) is 1.56. The summed E-state index contributed by atoms with van der Waals surface area (Å²) in [6.45, 7) is 0. The number of nitrogens with two attached hydrogens (primary N) is 1. The molecule has 1 atom stereocenters. The van der Waals surface area contributed by atoms with Gasteiger partial charge in [0.25, 0.3) is 0 Å². The molecule has 0 aliphatic carbocycles. The minimum absolute atomic E-state index is 0.0888. The molecule has 2 N–H and O–H groups in total. The van der Waals surface area contributed by atoms with Crippen molar-refractivity contribution in [2.75, 3.05) is 5.73 Å². The molecule has 2 aromatic rings. The van der Waals surface area contributed by atoms with Crippen LogP contribution in [0.2, 0.25) is 5.02 Å². The van der Waals surface area contributed by atoms with Crippen LogP contribution in [0.1, 0.15) is 5.56 Å². The summed E-state index contributed by atoms with van der Waals surface area (Å²) < 4.78 is 26.5. The summed E-state index contributed by atoms with van der Waals surface area (Å²) >= 11 is 8.98. The smallest absolute Gasteiger partial charge is 0.128 e. The summed E-state index contributed by atoms with van der Waals surface area (Å²) in [5.74, 6) is -0.363. The molecule has 0 fully saturated rings. The second-order valence-corrected chi connectivity index (χ2v) is 6.63. The first-order chi connectivity index (χ1) is 8.97. The zero-order valence-electron chi connectivity index (χ0n) is 9.70. The number of anilines is 1. The molecular formula is C13H10BrClFNOS. The number of nitrogen functional groups attached to an aromatic ring is 1. The number of hydrogen-bond acceptors (Lipinski definition) is 2. The van der Waals surface area contributed by atoms with Crippen molar-refractivity contribution in [3.05, 3.63) is 57.3 Å². The minimum atomic E-state index is -1.36. The van der Waals surface area contributed by atoms with Crippen LogP contribution in [0, 0.1) is 5.82 Å². The van der Waals surface area contributed by atoms with Crippen LogP contribution in [0.4, 0.5) is 10.1 Å². The topological polar surface area (TPSA) is 43.1 Å². The lowest BCUT2D eigenvalue weighted by Gasteiger charge is -2.07. The summed E-state index contributed by atoms with van der Waals surface area (Å²) in [7, 11) is -1.36. The van der Waals surface area contributed by atoms with Crippen molar-refractivity contribution in [2.45, 2.75) is 10.6 Å². The lowest BCUT2D eigenvalue weighted by atomic mass is 10.2. The molecular weight excluding hydrogens is 353 g/mol. The quantitative estimate of drug-likeness (QED) is 0.834. The summed E-state index contributed by atoms with van der Waals surface area (Å²) in [5.41, 5.74) is 6.56. The second kappa shape index (κ2) is 6.03. The summed E-state index contributed by atoms with van der Waals surface area (Å²) in [6.07, 6.45) is 0. The van der Waals surface area contributed by atoms with Gasteiger partial charge in [0.05, 0.1) is 21.4 Å². The maximum absolute atomic E-state index is 13.6. The Balaban J connectivity index is 2.25. The Labute approximate surface area is 126 Å². The number of halogens is 3. The van der Waals surface area contributed by atoms with E-state index in [4.69, 9.17) is 17.3 Å². The lowest BCUT2D eigenvalue weighted by molar-refractivity contribution is 0.615. The van der Waals surface area contributed by atoms with Gasteiger partial charge in [-0.05, 0) is 46.3 Å². The minimum Gasteiger partial charge on any atom is -0.399 e. The van der Waals surface area contributed by atoms with Crippen LogP contribution in [0.5, 0.6) is 0 Å². The number of rotatable bonds is 3. The Morgan fingerprint density at radius 3 is 2.63 bits per heavy atom. The molecule has 19 heavy (non-hydrogen) atoms. The van der Waals surface area contributed by atoms with Crippen LogP contribution in [-0.4, -0.2) is 4.21 Å². The second-order valence-electron chi connectivity index (χ2n) is 3.92. The van der Waals surface area contributed by atoms with Gasteiger partial charge in [0.1, 0.15) is 5.82 Å². The van der Waals surface area contributed by atoms with Crippen molar-refractivity contribution >= 4 is 44.0 Å². The largest absolute Gasteiger partial charge is 0.399 e. The van der Waals surface area contributed by atoms with Crippen molar-refractivity contribution in [2.24, 2.45) is 0 Å². The molecule has 2 rings (SSSR count). The SMILES string of the molecule is Nc1ccc(S(=O)Cc2ccc(Cl)cc2F)c(Br)c1. The van der Waals surface area contributed by atoms with Gasteiger partial charge in [0.15, 0.2) is 0 Å². The molecule has 100 valence electrons. The van der Waals surface area contributed by atoms with E-state index in [9.17, 15) is 8.60 Å². The third kappa shape index (κ3) is 3.55. The lowest BCUT2D eigenvalue weighted by Crippen LogP contribution is -2.00. The molecule has 0 amide bonds. The summed E-state index contributed by atoms with van der Waals surface area (Å²) in [4.78, 5) is 0.587. The fourth-order valence-corrected chi connectivity index (χ4v) is 3.82. The normalized spacial score (nSPS) is 12.4. The van der Waals surface area contributed by atoms with Gasteiger partial charge in [-0.3, -0.25) is 4.21 Å². The van der Waals surface area contributed by atoms with Gasteiger partial charge in [-0.15, -0.1) is 0 Å². The van der Waals surface area contributed by atoms with E-state index in [1.165, 1.54) is 6.07 Å². The van der Waals surface area contributed by atoms with Gasteiger partial charge < -0.3 is 5.73 Å². The number of benzene rings is 2. The van der Waals surface area contributed by atoms with E-state index in [2.05, 4.69) is 15.9 Å². The van der Waals surface area contributed by atoms with Crippen molar-refractivity contribution in [3.8, 4) is 0 Å². The predicted octanol–water partition coefficient (Wildman–Crippen LogP) is 4.13. The fraction of sp³-hybridized carbons (Fsp3) is 0.0769. The highest BCUT2D eigenvalue weighted by molar-refractivity contribution is 9.10. The van der Waals surface area contributed by atoms with Crippen LogP contribution in [0.25, 0.3) is 0 Å². The molecule has 0 saturated heterocycles. The Bertz CT molecular complexity index is 651.